The topological polar surface area (TPSA) is 75.2 Å². The van der Waals surface area contributed by atoms with E-state index >= 15 is 0 Å². The van der Waals surface area contributed by atoms with E-state index in [1.807, 2.05) is 18.2 Å². The Labute approximate surface area is 160 Å². The van der Waals surface area contributed by atoms with Crippen LogP contribution in [-0.4, -0.2) is 76.7 Å². The van der Waals surface area contributed by atoms with Gasteiger partial charge < -0.3 is 25.0 Å². The number of hydrogen-bond acceptors (Lipinski definition) is 5. The standard InChI is InChI=1S/C18H30N4O3S/c1-22(2)17(23)13-21-18(20-10-11-26-5)19-9-8-14-6-7-15(24-3)16(12-14)25-4/h6-7,12H,8-11,13H2,1-5H3,(H2,19,20,21). The van der Waals surface area contributed by atoms with Gasteiger partial charge in [-0.3, -0.25) is 4.79 Å². The number of methoxy groups -OCH3 is 2. The van der Waals surface area contributed by atoms with Crippen LogP contribution in [0.4, 0.5) is 0 Å². The smallest absolute Gasteiger partial charge is 0.243 e. The number of hydrogen-bond donors (Lipinski definition) is 2. The Kier molecular flexibility index (Phi) is 10.4. The minimum Gasteiger partial charge on any atom is -0.493 e. The van der Waals surface area contributed by atoms with Crippen LogP contribution in [0.15, 0.2) is 23.2 Å². The summed E-state index contributed by atoms with van der Waals surface area (Å²) < 4.78 is 10.6. The molecule has 2 N–H and O–H groups in total. The molecule has 0 spiro atoms. The SMILES string of the molecule is COc1ccc(CCNC(=NCC(=O)N(C)C)NCCSC)cc1OC. The summed E-state index contributed by atoms with van der Waals surface area (Å²) in [6, 6.07) is 5.88. The molecule has 1 aromatic carbocycles. The van der Waals surface area contributed by atoms with Gasteiger partial charge in [-0.05, 0) is 30.4 Å². The van der Waals surface area contributed by atoms with Gasteiger partial charge in [0, 0.05) is 32.9 Å². The highest BCUT2D eigenvalue weighted by Crippen LogP contribution is 2.27. The molecule has 0 aliphatic heterocycles. The first-order valence-corrected chi connectivity index (χ1v) is 9.83. The van der Waals surface area contributed by atoms with Crippen LogP contribution in [0.1, 0.15) is 5.56 Å². The number of amides is 1. The number of nitrogens with one attached hydrogen (secondary N) is 2. The lowest BCUT2D eigenvalue weighted by Gasteiger charge is -2.14. The molecular formula is C18H30N4O3S. The number of nitrogens with zero attached hydrogens (tertiary/aromatic N) is 2. The molecule has 0 unspecified atom stereocenters. The number of rotatable bonds is 10. The molecule has 1 amide bonds. The monoisotopic (exact) mass is 382 g/mol. The molecule has 146 valence electrons. The van der Waals surface area contributed by atoms with E-state index < -0.39 is 0 Å². The third-order valence-electron chi connectivity index (χ3n) is 3.62. The fourth-order valence-electron chi connectivity index (χ4n) is 2.10. The third-order valence-corrected chi connectivity index (χ3v) is 4.24. The molecule has 26 heavy (non-hydrogen) atoms. The average molecular weight is 383 g/mol. The second-order valence-electron chi connectivity index (χ2n) is 5.74. The molecule has 0 aromatic heterocycles. The molecule has 0 saturated heterocycles. The lowest BCUT2D eigenvalue weighted by molar-refractivity contribution is -0.127. The summed E-state index contributed by atoms with van der Waals surface area (Å²) in [6.07, 6.45) is 2.85. The van der Waals surface area contributed by atoms with Crippen molar-refractivity contribution < 1.29 is 14.3 Å². The van der Waals surface area contributed by atoms with Crippen molar-refractivity contribution in [3.8, 4) is 11.5 Å². The minimum absolute atomic E-state index is 0.0316. The highest BCUT2D eigenvalue weighted by Gasteiger charge is 2.06. The van der Waals surface area contributed by atoms with Gasteiger partial charge in [0.2, 0.25) is 5.91 Å². The second-order valence-corrected chi connectivity index (χ2v) is 6.72. The van der Waals surface area contributed by atoms with Crippen molar-refractivity contribution >= 4 is 23.6 Å². The lowest BCUT2D eigenvalue weighted by atomic mass is 10.1. The molecular weight excluding hydrogens is 352 g/mol. The quantitative estimate of drug-likeness (QED) is 0.360. The zero-order valence-electron chi connectivity index (χ0n) is 16.3. The Balaban J connectivity index is 2.61. The van der Waals surface area contributed by atoms with Crippen molar-refractivity contribution in [2.45, 2.75) is 6.42 Å². The minimum atomic E-state index is -0.0316. The third kappa shape index (κ3) is 7.86. The Morgan fingerprint density at radius 3 is 2.46 bits per heavy atom. The first-order valence-electron chi connectivity index (χ1n) is 8.44. The van der Waals surface area contributed by atoms with E-state index in [0.717, 1.165) is 24.3 Å². The molecule has 8 heteroatoms. The summed E-state index contributed by atoms with van der Waals surface area (Å²) in [7, 11) is 6.70. The Bertz CT molecular complexity index is 594. The van der Waals surface area contributed by atoms with Crippen LogP contribution in [0.2, 0.25) is 0 Å². The van der Waals surface area contributed by atoms with E-state index in [2.05, 4.69) is 21.9 Å². The Morgan fingerprint density at radius 1 is 1.15 bits per heavy atom. The van der Waals surface area contributed by atoms with Crippen molar-refractivity contribution in [3.63, 3.8) is 0 Å². The summed E-state index contributed by atoms with van der Waals surface area (Å²) in [5, 5.41) is 6.52. The first kappa shape index (κ1) is 22.0. The molecule has 0 radical (unpaired) electrons. The predicted octanol–water partition coefficient (Wildman–Crippen LogP) is 1.23. The van der Waals surface area contributed by atoms with E-state index in [9.17, 15) is 4.79 Å². The van der Waals surface area contributed by atoms with Crippen LogP contribution in [0.5, 0.6) is 11.5 Å². The highest BCUT2D eigenvalue weighted by molar-refractivity contribution is 7.98. The lowest BCUT2D eigenvalue weighted by Crippen LogP contribution is -2.40. The summed E-state index contributed by atoms with van der Waals surface area (Å²) in [4.78, 5) is 17.6. The van der Waals surface area contributed by atoms with Gasteiger partial charge in [-0.25, -0.2) is 4.99 Å². The van der Waals surface area contributed by atoms with Gasteiger partial charge in [0.1, 0.15) is 6.54 Å². The average Bonchev–Trinajstić information content (AvgIpc) is 2.65. The molecule has 0 aliphatic carbocycles. The molecule has 0 saturated carbocycles. The Morgan fingerprint density at radius 2 is 1.85 bits per heavy atom. The number of ether oxygens (including phenoxy) is 2. The molecule has 7 nitrogen and oxygen atoms in total. The predicted molar refractivity (Wildman–Crippen MR) is 109 cm³/mol. The van der Waals surface area contributed by atoms with Gasteiger partial charge in [0.25, 0.3) is 0 Å². The zero-order valence-corrected chi connectivity index (χ0v) is 17.1. The van der Waals surface area contributed by atoms with Gasteiger partial charge in [-0.2, -0.15) is 11.8 Å². The van der Waals surface area contributed by atoms with Crippen LogP contribution in [0, 0.1) is 0 Å². The molecule has 1 aromatic rings. The number of guanidine groups is 1. The maximum absolute atomic E-state index is 11.7. The van der Waals surface area contributed by atoms with Gasteiger partial charge >= 0.3 is 0 Å². The van der Waals surface area contributed by atoms with Gasteiger partial charge in [-0.1, -0.05) is 6.07 Å². The van der Waals surface area contributed by atoms with Crippen molar-refractivity contribution in [1.29, 1.82) is 0 Å². The number of aliphatic imine (C=N–C) groups is 1. The summed E-state index contributed by atoms with van der Waals surface area (Å²) in [6.45, 7) is 1.61. The molecule has 0 fully saturated rings. The molecule has 0 atom stereocenters. The summed E-state index contributed by atoms with van der Waals surface area (Å²) in [5.41, 5.74) is 1.13. The number of carbonyl (C=O) groups excluding carboxylic acids is 1. The van der Waals surface area contributed by atoms with Crippen LogP contribution >= 0.6 is 11.8 Å². The van der Waals surface area contributed by atoms with E-state index in [-0.39, 0.29) is 12.5 Å². The largest absolute Gasteiger partial charge is 0.493 e. The first-order chi connectivity index (χ1) is 12.5. The van der Waals surface area contributed by atoms with Gasteiger partial charge in [0.05, 0.1) is 14.2 Å². The van der Waals surface area contributed by atoms with Gasteiger partial charge in [-0.15, -0.1) is 0 Å². The summed E-state index contributed by atoms with van der Waals surface area (Å²) >= 11 is 1.75. The maximum Gasteiger partial charge on any atom is 0.243 e. The van der Waals surface area contributed by atoms with Crippen LogP contribution in [0.3, 0.4) is 0 Å². The molecule has 0 aliphatic rings. The Hall–Kier alpha value is -2.09. The summed E-state index contributed by atoms with van der Waals surface area (Å²) in [5.74, 6) is 3.02. The van der Waals surface area contributed by atoms with Crippen molar-refractivity contribution in [2.24, 2.45) is 4.99 Å². The molecule has 0 bridgehead atoms. The number of benzene rings is 1. The van der Waals surface area contributed by atoms with E-state index in [0.29, 0.717) is 24.0 Å². The van der Waals surface area contributed by atoms with Gasteiger partial charge in [0.15, 0.2) is 17.5 Å². The maximum atomic E-state index is 11.7. The number of likely N-dealkylation sites (N-methyl/N-ethyl adjacent to an activating group) is 1. The van der Waals surface area contributed by atoms with Crippen LogP contribution < -0.4 is 20.1 Å². The van der Waals surface area contributed by atoms with Crippen LogP contribution in [-0.2, 0) is 11.2 Å². The van der Waals surface area contributed by atoms with E-state index in [1.54, 1.807) is 40.1 Å². The fourth-order valence-corrected chi connectivity index (χ4v) is 2.40. The highest BCUT2D eigenvalue weighted by atomic mass is 32.2. The number of carbonyl (C=O) groups is 1. The van der Waals surface area contributed by atoms with E-state index in [1.165, 1.54) is 4.90 Å². The molecule has 1 rings (SSSR count). The van der Waals surface area contributed by atoms with Crippen molar-refractivity contribution in [2.75, 3.05) is 60.0 Å². The van der Waals surface area contributed by atoms with Crippen LogP contribution in [0.25, 0.3) is 0 Å². The van der Waals surface area contributed by atoms with E-state index in [4.69, 9.17) is 9.47 Å². The normalized spacial score (nSPS) is 11.0. The number of thioether (sulfide) groups is 1. The van der Waals surface area contributed by atoms with Crippen molar-refractivity contribution in [1.82, 2.24) is 15.5 Å². The zero-order chi connectivity index (χ0) is 19.4. The molecule has 0 heterocycles. The van der Waals surface area contributed by atoms with Crippen molar-refractivity contribution in [3.05, 3.63) is 23.8 Å². The second kappa shape index (κ2) is 12.3. The fraction of sp³-hybridized carbons (Fsp3) is 0.556.